The van der Waals surface area contributed by atoms with Gasteiger partial charge in [0.15, 0.2) is 5.72 Å². The van der Waals surface area contributed by atoms with Gasteiger partial charge in [0.25, 0.3) is 5.91 Å². The van der Waals surface area contributed by atoms with Crippen LogP contribution in [-0.4, -0.2) is 51.6 Å². The summed E-state index contributed by atoms with van der Waals surface area (Å²) >= 11 is 12.2. The van der Waals surface area contributed by atoms with E-state index in [1.807, 2.05) is 0 Å². The highest BCUT2D eigenvalue weighted by atomic mass is 35.5. The minimum Gasteiger partial charge on any atom is -0.385 e. The van der Waals surface area contributed by atoms with Crippen LogP contribution in [0.3, 0.4) is 0 Å². The van der Waals surface area contributed by atoms with Gasteiger partial charge in [-0.1, -0.05) is 35.3 Å². The zero-order valence-corrected chi connectivity index (χ0v) is 25.0. The number of carbonyl (C=O) groups is 2. The van der Waals surface area contributed by atoms with E-state index in [4.69, 9.17) is 38.4 Å². The van der Waals surface area contributed by atoms with Crippen LogP contribution in [0.25, 0.3) is 0 Å². The van der Waals surface area contributed by atoms with Crippen LogP contribution in [0.2, 0.25) is 10.0 Å². The zero-order chi connectivity index (χ0) is 30.6. The van der Waals surface area contributed by atoms with Crippen molar-refractivity contribution >= 4 is 35.0 Å². The lowest BCUT2D eigenvalue weighted by molar-refractivity contribution is -0.142. The van der Waals surface area contributed by atoms with Crippen LogP contribution in [0, 0.1) is 17.2 Å². The van der Waals surface area contributed by atoms with Crippen LogP contribution in [-0.2, 0) is 32.1 Å². The molecule has 1 saturated carbocycles. The number of nitrogens with two attached hydrogens (primary N) is 1. The summed E-state index contributed by atoms with van der Waals surface area (Å²) in [5.41, 5.74) is 2.18. The number of aromatic nitrogens is 2. The normalized spacial score (nSPS) is 22.7. The Kier molecular flexibility index (Phi) is 7.71. The fourth-order valence-electron chi connectivity index (χ4n) is 6.14. The molecule has 1 saturated heterocycles. The van der Waals surface area contributed by atoms with Crippen molar-refractivity contribution < 1.29 is 28.6 Å². The Morgan fingerprint density at radius 1 is 1.16 bits per heavy atom. The predicted molar refractivity (Wildman–Crippen MR) is 155 cm³/mol. The number of hydrogen-bond donors (Lipinski definition) is 2. The molecule has 3 aromatic rings. The van der Waals surface area contributed by atoms with Crippen molar-refractivity contribution in [3.63, 3.8) is 0 Å². The molecule has 0 bridgehead atoms. The summed E-state index contributed by atoms with van der Waals surface area (Å²) < 4.78 is 28.7. The summed E-state index contributed by atoms with van der Waals surface area (Å²) in [5, 5.41) is 12.4. The smallest absolute Gasteiger partial charge is 0.257 e. The van der Waals surface area contributed by atoms with E-state index in [2.05, 4.69) is 9.97 Å². The highest BCUT2D eigenvalue weighted by Crippen LogP contribution is 2.53. The molecule has 0 spiro atoms. The van der Waals surface area contributed by atoms with Crippen molar-refractivity contribution in [2.75, 3.05) is 19.8 Å². The number of ether oxygens (including phenoxy) is 2. The molecule has 3 aliphatic rings. The maximum absolute atomic E-state index is 16.7. The van der Waals surface area contributed by atoms with E-state index in [1.165, 1.54) is 29.4 Å². The summed E-state index contributed by atoms with van der Waals surface area (Å²) in [4.78, 5) is 36.6. The van der Waals surface area contributed by atoms with Crippen LogP contribution < -0.4 is 5.73 Å². The minimum atomic E-state index is -1.84. The third kappa shape index (κ3) is 5.19. The van der Waals surface area contributed by atoms with Gasteiger partial charge in [0.1, 0.15) is 11.6 Å². The molecule has 1 aliphatic carbocycles. The number of benzene rings is 2. The topological polar surface area (TPSA) is 128 Å². The molecule has 0 radical (unpaired) electrons. The van der Waals surface area contributed by atoms with Crippen LogP contribution in [0.1, 0.15) is 65.5 Å². The van der Waals surface area contributed by atoms with E-state index in [0.717, 1.165) is 0 Å². The number of primary amides is 1. The van der Waals surface area contributed by atoms with E-state index >= 15 is 4.39 Å². The van der Waals surface area contributed by atoms with Gasteiger partial charge in [-0.25, -0.2) is 14.4 Å². The number of carbonyl (C=O) groups excluding carboxylic acids is 2. The first-order chi connectivity index (χ1) is 20.5. The number of amides is 2. The molecule has 1 unspecified atom stereocenters. The van der Waals surface area contributed by atoms with Crippen molar-refractivity contribution in [2.45, 2.75) is 50.5 Å². The second kappa shape index (κ2) is 11.1. The first kappa shape index (κ1) is 29.9. The van der Waals surface area contributed by atoms with Crippen LogP contribution in [0.4, 0.5) is 4.39 Å². The summed E-state index contributed by atoms with van der Waals surface area (Å²) in [7, 11) is 0. The molecule has 2 aromatic carbocycles. The molecule has 2 atom stereocenters. The second-order valence-electron chi connectivity index (χ2n) is 11.7. The third-order valence-corrected chi connectivity index (χ3v) is 9.48. The SMILES string of the molecule is CC(O)(c1cc(F)c2c(c1)C(=O)N(Cc1ncc(Cl)cn1)[C@@]2(OCC1(C(N)=O)CC1)c1ccc(Cl)cc1)C1CCOCC1. The number of hydrogen-bond acceptors (Lipinski definition) is 7. The lowest BCUT2D eigenvalue weighted by Gasteiger charge is -2.40. The van der Waals surface area contributed by atoms with Crippen LogP contribution in [0.5, 0.6) is 0 Å². The fourth-order valence-corrected chi connectivity index (χ4v) is 6.36. The van der Waals surface area contributed by atoms with Gasteiger partial charge in [-0.3, -0.25) is 14.5 Å². The predicted octanol–water partition coefficient (Wildman–Crippen LogP) is 4.70. The van der Waals surface area contributed by atoms with Crippen LogP contribution >= 0.6 is 23.2 Å². The largest absolute Gasteiger partial charge is 0.385 e. The fraction of sp³-hybridized carbons (Fsp3) is 0.419. The monoisotopic (exact) mass is 628 g/mol. The van der Waals surface area contributed by atoms with Crippen molar-refractivity contribution in [2.24, 2.45) is 17.1 Å². The maximum atomic E-state index is 16.7. The van der Waals surface area contributed by atoms with E-state index in [0.29, 0.717) is 54.5 Å². The lowest BCUT2D eigenvalue weighted by Crippen LogP contribution is -2.48. The Hall–Kier alpha value is -3.15. The summed E-state index contributed by atoms with van der Waals surface area (Å²) in [5.74, 6) is -1.79. The molecule has 43 heavy (non-hydrogen) atoms. The molecule has 6 rings (SSSR count). The molecule has 3 N–H and O–H groups in total. The average molecular weight is 630 g/mol. The average Bonchev–Trinajstić information content (AvgIpc) is 3.76. The first-order valence-electron chi connectivity index (χ1n) is 14.1. The van der Waals surface area contributed by atoms with Gasteiger partial charge < -0.3 is 20.3 Å². The van der Waals surface area contributed by atoms with Crippen molar-refractivity contribution in [3.05, 3.63) is 92.7 Å². The minimum absolute atomic E-state index is 0.0233. The van der Waals surface area contributed by atoms with Gasteiger partial charge in [0.2, 0.25) is 5.91 Å². The first-order valence-corrected chi connectivity index (χ1v) is 14.9. The summed E-state index contributed by atoms with van der Waals surface area (Å²) in [6, 6.07) is 9.33. The molecule has 1 aromatic heterocycles. The zero-order valence-electron chi connectivity index (χ0n) is 23.5. The Labute approximate surface area is 258 Å². The van der Waals surface area contributed by atoms with Gasteiger partial charge in [-0.2, -0.15) is 0 Å². The summed E-state index contributed by atoms with van der Waals surface area (Å²) in [6.07, 6.45) is 5.00. The van der Waals surface area contributed by atoms with E-state index in [9.17, 15) is 14.7 Å². The third-order valence-electron chi connectivity index (χ3n) is 9.03. The maximum Gasteiger partial charge on any atom is 0.257 e. The Morgan fingerprint density at radius 3 is 2.42 bits per heavy atom. The lowest BCUT2D eigenvalue weighted by atomic mass is 9.77. The second-order valence-corrected chi connectivity index (χ2v) is 12.6. The Bertz CT molecular complexity index is 1560. The van der Waals surface area contributed by atoms with Crippen molar-refractivity contribution in [1.29, 1.82) is 0 Å². The molecular formula is C31H31Cl2FN4O5. The number of halogens is 3. The highest BCUT2D eigenvalue weighted by Gasteiger charge is 2.58. The van der Waals surface area contributed by atoms with Crippen LogP contribution in [0.15, 0.2) is 48.8 Å². The molecule has 226 valence electrons. The molecule has 3 heterocycles. The number of aliphatic hydroxyl groups is 1. The molecular weight excluding hydrogens is 598 g/mol. The Balaban J connectivity index is 1.54. The van der Waals surface area contributed by atoms with E-state index in [-0.39, 0.29) is 41.6 Å². The molecule has 2 amide bonds. The van der Waals surface area contributed by atoms with Gasteiger partial charge in [0.05, 0.1) is 40.3 Å². The van der Waals surface area contributed by atoms with Crippen molar-refractivity contribution in [3.8, 4) is 0 Å². The summed E-state index contributed by atoms with van der Waals surface area (Å²) in [6.45, 7) is 2.27. The van der Waals surface area contributed by atoms with Gasteiger partial charge in [-0.05, 0) is 68.4 Å². The van der Waals surface area contributed by atoms with Gasteiger partial charge >= 0.3 is 0 Å². The molecule has 12 heteroatoms. The standard InChI is InChI=1S/C31H31Cl2FN4O5/c1-29(41,18-6-10-42-11-7-18)20-12-23-26(24(34)13-20)31(19-2-4-21(32)5-3-19,43-17-30(8-9-30)28(35)40)38(27(23)39)16-25-36-14-22(33)15-37-25/h2-5,12-15,18,41H,6-11,16-17H2,1H3,(H2,35,40)/t29?,31-/m1/s1. The molecule has 9 nitrogen and oxygen atoms in total. The quantitative estimate of drug-likeness (QED) is 0.352. The Morgan fingerprint density at radius 2 is 1.81 bits per heavy atom. The van der Waals surface area contributed by atoms with E-state index in [1.54, 1.807) is 31.2 Å². The number of rotatable bonds is 9. The van der Waals surface area contributed by atoms with Crippen molar-refractivity contribution in [1.82, 2.24) is 14.9 Å². The molecule has 2 aliphatic heterocycles. The molecule has 2 fully saturated rings. The van der Waals surface area contributed by atoms with Gasteiger partial charge in [-0.15, -0.1) is 0 Å². The highest BCUT2D eigenvalue weighted by molar-refractivity contribution is 6.30. The number of nitrogens with zero attached hydrogens (tertiary/aromatic N) is 3. The van der Waals surface area contributed by atoms with E-state index < -0.39 is 34.4 Å². The van der Waals surface area contributed by atoms with Gasteiger partial charge in [0, 0.05) is 36.2 Å². The number of fused-ring (bicyclic) bond motifs is 1.